The maximum atomic E-state index is 5.23. The Morgan fingerprint density at radius 3 is 2.55 bits per heavy atom. The average Bonchev–Trinajstić information content (AvgIpc) is 1.96. The lowest BCUT2D eigenvalue weighted by molar-refractivity contribution is 0.144. The predicted octanol–water partition coefficient (Wildman–Crippen LogP) is 2.94. The third-order valence-corrected chi connectivity index (χ3v) is 2.53. The zero-order chi connectivity index (χ0) is 8.53. The van der Waals surface area contributed by atoms with Gasteiger partial charge in [-0.2, -0.15) is 11.8 Å². The Morgan fingerprint density at radius 1 is 1.27 bits per heavy atom. The van der Waals surface area contributed by atoms with E-state index >= 15 is 0 Å². The quantitative estimate of drug-likeness (QED) is 0.552. The number of hydrogen-bond acceptors (Lipinski definition) is 2. The van der Waals surface area contributed by atoms with Crippen molar-refractivity contribution >= 4 is 11.8 Å². The number of thioether (sulfide) groups is 1. The highest BCUT2D eigenvalue weighted by molar-refractivity contribution is 7.99. The monoisotopic (exact) mass is 176 g/mol. The molecule has 0 aliphatic rings. The summed E-state index contributed by atoms with van der Waals surface area (Å²) in [6, 6.07) is 0. The molecule has 0 aromatic heterocycles. The average molecular weight is 176 g/mol. The summed E-state index contributed by atoms with van der Waals surface area (Å²) in [6.45, 7) is 8.33. The largest absolute Gasteiger partial charge is 0.382 e. The van der Waals surface area contributed by atoms with E-state index in [-0.39, 0.29) is 0 Å². The van der Waals surface area contributed by atoms with Crippen LogP contribution in [0.15, 0.2) is 0 Å². The molecule has 0 spiro atoms. The summed E-state index contributed by atoms with van der Waals surface area (Å²) in [5.74, 6) is 1.28. The highest BCUT2D eigenvalue weighted by Gasteiger charge is 1.93. The van der Waals surface area contributed by atoms with Crippen LogP contribution in [0.25, 0.3) is 0 Å². The van der Waals surface area contributed by atoms with Crippen molar-refractivity contribution in [3.8, 4) is 0 Å². The van der Waals surface area contributed by atoms with E-state index in [1.54, 1.807) is 0 Å². The number of hydrogen-bond donors (Lipinski definition) is 0. The molecule has 0 fully saturated rings. The zero-order valence-electron chi connectivity index (χ0n) is 7.93. The number of unbranched alkanes of at least 4 members (excludes halogenated alkanes) is 1. The van der Waals surface area contributed by atoms with Gasteiger partial charge in [0.15, 0.2) is 0 Å². The van der Waals surface area contributed by atoms with Gasteiger partial charge >= 0.3 is 0 Å². The molecule has 0 aliphatic heterocycles. The molecule has 0 atom stereocenters. The summed E-state index contributed by atoms with van der Waals surface area (Å²) in [5, 5.41) is 0.780. The predicted molar refractivity (Wildman–Crippen MR) is 53.3 cm³/mol. The Hall–Kier alpha value is 0.310. The van der Waals surface area contributed by atoms with Crippen molar-refractivity contribution in [2.75, 3.05) is 19.0 Å². The van der Waals surface area contributed by atoms with Crippen LogP contribution in [0.5, 0.6) is 0 Å². The summed E-state index contributed by atoms with van der Waals surface area (Å²) >= 11 is 2.03. The molecular formula is C9H20OS. The fourth-order valence-corrected chi connectivity index (χ4v) is 1.61. The standard InChI is InChI=1S/C9H20OS/c1-4-10-7-5-6-8-11-9(2)3/h9H,4-8H2,1-3H3. The van der Waals surface area contributed by atoms with Crippen molar-refractivity contribution in [1.29, 1.82) is 0 Å². The van der Waals surface area contributed by atoms with Crippen molar-refractivity contribution in [3.05, 3.63) is 0 Å². The van der Waals surface area contributed by atoms with Crippen LogP contribution in [-0.4, -0.2) is 24.2 Å². The molecule has 0 unspecified atom stereocenters. The number of ether oxygens (including phenoxy) is 1. The summed E-state index contributed by atoms with van der Waals surface area (Å²) in [6.07, 6.45) is 2.51. The van der Waals surface area contributed by atoms with E-state index in [0.29, 0.717) is 0 Å². The first-order valence-electron chi connectivity index (χ1n) is 4.46. The molecule has 0 N–H and O–H groups in total. The second kappa shape index (κ2) is 8.41. The van der Waals surface area contributed by atoms with Gasteiger partial charge in [0.25, 0.3) is 0 Å². The van der Waals surface area contributed by atoms with Crippen molar-refractivity contribution in [3.63, 3.8) is 0 Å². The minimum Gasteiger partial charge on any atom is -0.382 e. The van der Waals surface area contributed by atoms with E-state index < -0.39 is 0 Å². The van der Waals surface area contributed by atoms with E-state index in [2.05, 4.69) is 13.8 Å². The summed E-state index contributed by atoms with van der Waals surface area (Å²) < 4.78 is 5.23. The van der Waals surface area contributed by atoms with Crippen LogP contribution in [0.4, 0.5) is 0 Å². The van der Waals surface area contributed by atoms with E-state index in [9.17, 15) is 0 Å². The van der Waals surface area contributed by atoms with E-state index in [4.69, 9.17) is 4.74 Å². The molecule has 68 valence electrons. The van der Waals surface area contributed by atoms with Crippen molar-refractivity contribution in [2.45, 2.75) is 38.9 Å². The molecule has 0 aromatic rings. The Bertz CT molecular complexity index is 74.0. The Kier molecular flexibility index (Phi) is 8.64. The van der Waals surface area contributed by atoms with Crippen LogP contribution in [0.2, 0.25) is 0 Å². The third-order valence-electron chi connectivity index (χ3n) is 1.34. The van der Waals surface area contributed by atoms with Gasteiger partial charge in [0.2, 0.25) is 0 Å². The fourth-order valence-electron chi connectivity index (χ4n) is 0.770. The van der Waals surface area contributed by atoms with Crippen LogP contribution < -0.4 is 0 Å². The molecule has 1 nitrogen and oxygen atoms in total. The van der Waals surface area contributed by atoms with Gasteiger partial charge in [-0.1, -0.05) is 13.8 Å². The second-order valence-corrected chi connectivity index (χ2v) is 4.51. The van der Waals surface area contributed by atoms with Gasteiger partial charge < -0.3 is 4.74 Å². The van der Waals surface area contributed by atoms with Crippen molar-refractivity contribution in [1.82, 2.24) is 0 Å². The highest BCUT2D eigenvalue weighted by Crippen LogP contribution is 2.11. The molecule has 0 saturated heterocycles. The first kappa shape index (κ1) is 11.3. The second-order valence-electron chi connectivity index (χ2n) is 2.82. The van der Waals surface area contributed by atoms with Crippen LogP contribution in [0.1, 0.15) is 33.6 Å². The Labute approximate surface area is 74.9 Å². The summed E-state index contributed by atoms with van der Waals surface area (Å²) in [4.78, 5) is 0. The van der Waals surface area contributed by atoms with Crippen molar-refractivity contribution < 1.29 is 4.74 Å². The lowest BCUT2D eigenvalue weighted by Crippen LogP contribution is -1.95. The van der Waals surface area contributed by atoms with Gasteiger partial charge in [-0.3, -0.25) is 0 Å². The van der Waals surface area contributed by atoms with Gasteiger partial charge in [0.05, 0.1) is 0 Å². The van der Waals surface area contributed by atoms with Gasteiger partial charge in [-0.05, 0) is 30.8 Å². The van der Waals surface area contributed by atoms with Crippen LogP contribution >= 0.6 is 11.8 Å². The van der Waals surface area contributed by atoms with E-state index in [0.717, 1.165) is 18.5 Å². The molecule has 0 aromatic carbocycles. The van der Waals surface area contributed by atoms with Gasteiger partial charge in [0, 0.05) is 13.2 Å². The lowest BCUT2D eigenvalue weighted by Gasteiger charge is -2.04. The highest BCUT2D eigenvalue weighted by atomic mass is 32.2. The van der Waals surface area contributed by atoms with Gasteiger partial charge in [-0.15, -0.1) is 0 Å². The van der Waals surface area contributed by atoms with E-state index in [1.807, 2.05) is 18.7 Å². The van der Waals surface area contributed by atoms with Crippen LogP contribution in [0.3, 0.4) is 0 Å². The number of rotatable bonds is 7. The van der Waals surface area contributed by atoms with Crippen LogP contribution in [-0.2, 0) is 4.74 Å². The molecule has 0 aliphatic carbocycles. The molecule has 0 amide bonds. The zero-order valence-corrected chi connectivity index (χ0v) is 8.75. The molecule has 0 saturated carbocycles. The summed E-state index contributed by atoms with van der Waals surface area (Å²) in [5.41, 5.74) is 0. The molecular weight excluding hydrogens is 156 g/mol. The SMILES string of the molecule is CCOCCCCSC(C)C. The summed E-state index contributed by atoms with van der Waals surface area (Å²) in [7, 11) is 0. The lowest BCUT2D eigenvalue weighted by atomic mass is 10.4. The minimum absolute atomic E-state index is 0.780. The van der Waals surface area contributed by atoms with Crippen molar-refractivity contribution in [2.24, 2.45) is 0 Å². The third kappa shape index (κ3) is 10.3. The molecule has 0 bridgehead atoms. The molecule has 2 heteroatoms. The fraction of sp³-hybridized carbons (Fsp3) is 1.00. The van der Waals surface area contributed by atoms with Gasteiger partial charge in [0.1, 0.15) is 0 Å². The minimum atomic E-state index is 0.780. The first-order chi connectivity index (χ1) is 5.27. The molecule has 0 heterocycles. The maximum absolute atomic E-state index is 5.23. The van der Waals surface area contributed by atoms with E-state index in [1.165, 1.54) is 18.6 Å². The molecule has 11 heavy (non-hydrogen) atoms. The Morgan fingerprint density at radius 2 is 2.00 bits per heavy atom. The smallest absolute Gasteiger partial charge is 0.0466 e. The van der Waals surface area contributed by atoms with Crippen LogP contribution in [0, 0.1) is 0 Å². The molecule has 0 radical (unpaired) electrons. The first-order valence-corrected chi connectivity index (χ1v) is 5.51. The van der Waals surface area contributed by atoms with Gasteiger partial charge in [-0.25, -0.2) is 0 Å². The topological polar surface area (TPSA) is 9.23 Å². The normalized spacial score (nSPS) is 10.9. The maximum Gasteiger partial charge on any atom is 0.0466 e. The molecule has 0 rings (SSSR count). The Balaban J connectivity index is 2.80.